The van der Waals surface area contributed by atoms with Crippen molar-refractivity contribution in [3.8, 4) is 0 Å². The lowest BCUT2D eigenvalue weighted by molar-refractivity contribution is -0.122. The molecule has 1 rings (SSSR count). The number of likely N-dealkylation sites (N-methyl/N-ethyl adjacent to an activating group) is 1. The van der Waals surface area contributed by atoms with E-state index in [4.69, 9.17) is 0 Å². The fourth-order valence-corrected chi connectivity index (χ4v) is 2.81. The first-order chi connectivity index (χ1) is 6.74. The monoisotopic (exact) mass is 216 g/mol. The Hall–Kier alpha value is -0.220. The van der Waals surface area contributed by atoms with Crippen LogP contribution in [-0.2, 0) is 4.79 Å². The molecule has 4 heteroatoms. The molecule has 2 N–H and O–H groups in total. The van der Waals surface area contributed by atoms with Gasteiger partial charge in [-0.1, -0.05) is 0 Å². The van der Waals surface area contributed by atoms with Crippen LogP contribution in [0.1, 0.15) is 19.8 Å². The van der Waals surface area contributed by atoms with Crippen molar-refractivity contribution in [2.45, 2.75) is 25.8 Å². The number of rotatable bonds is 4. The summed E-state index contributed by atoms with van der Waals surface area (Å²) in [6, 6.07) is -0.0606. The molecule has 1 atom stereocenters. The Labute approximate surface area is 90.4 Å². The van der Waals surface area contributed by atoms with Gasteiger partial charge < -0.3 is 10.6 Å². The van der Waals surface area contributed by atoms with Crippen LogP contribution in [-0.4, -0.2) is 37.0 Å². The van der Waals surface area contributed by atoms with E-state index in [1.165, 1.54) is 24.3 Å². The Morgan fingerprint density at radius 3 is 2.71 bits per heavy atom. The second-order valence-corrected chi connectivity index (χ2v) is 5.02. The summed E-state index contributed by atoms with van der Waals surface area (Å²) in [5, 5.41) is 5.93. The number of nitrogens with one attached hydrogen (secondary N) is 2. The first kappa shape index (κ1) is 11.9. The second-order valence-electron chi connectivity index (χ2n) is 3.80. The fourth-order valence-electron chi connectivity index (χ4n) is 1.60. The minimum Gasteiger partial charge on any atom is -0.358 e. The standard InChI is InChI=1S/C10H20N2OS/c1-8(10(13)11-2)12-7-9-3-5-14-6-4-9/h8-9,12H,3-7H2,1-2H3,(H,11,13). The Morgan fingerprint density at radius 2 is 2.14 bits per heavy atom. The molecule has 1 unspecified atom stereocenters. The number of amides is 1. The van der Waals surface area contributed by atoms with Crippen molar-refractivity contribution in [3.63, 3.8) is 0 Å². The number of carbonyl (C=O) groups excluding carboxylic acids is 1. The quantitative estimate of drug-likeness (QED) is 0.732. The van der Waals surface area contributed by atoms with Crippen molar-refractivity contribution in [3.05, 3.63) is 0 Å². The highest BCUT2D eigenvalue weighted by Crippen LogP contribution is 2.21. The van der Waals surface area contributed by atoms with Gasteiger partial charge in [-0.15, -0.1) is 0 Å². The van der Waals surface area contributed by atoms with Gasteiger partial charge in [-0.05, 0) is 43.7 Å². The molecule has 0 aromatic heterocycles. The zero-order chi connectivity index (χ0) is 10.4. The van der Waals surface area contributed by atoms with Crippen LogP contribution in [0.25, 0.3) is 0 Å². The van der Waals surface area contributed by atoms with E-state index in [-0.39, 0.29) is 11.9 Å². The number of hydrogen-bond donors (Lipinski definition) is 2. The third-order valence-electron chi connectivity index (χ3n) is 2.69. The Balaban J connectivity index is 2.15. The molecule has 1 aliphatic heterocycles. The lowest BCUT2D eigenvalue weighted by Crippen LogP contribution is -2.42. The number of thioether (sulfide) groups is 1. The van der Waals surface area contributed by atoms with Crippen LogP contribution >= 0.6 is 11.8 Å². The maximum absolute atomic E-state index is 11.2. The maximum atomic E-state index is 11.2. The molecule has 82 valence electrons. The summed E-state index contributed by atoms with van der Waals surface area (Å²) in [5.74, 6) is 3.40. The molecular formula is C10H20N2OS. The molecule has 1 fully saturated rings. The average Bonchev–Trinajstić information content (AvgIpc) is 2.26. The van der Waals surface area contributed by atoms with Gasteiger partial charge >= 0.3 is 0 Å². The largest absolute Gasteiger partial charge is 0.358 e. The predicted octanol–water partition coefficient (Wildman–Crippen LogP) is 0.854. The maximum Gasteiger partial charge on any atom is 0.236 e. The van der Waals surface area contributed by atoms with Crippen molar-refractivity contribution < 1.29 is 4.79 Å². The van der Waals surface area contributed by atoms with Gasteiger partial charge in [0.1, 0.15) is 0 Å². The Kier molecular flexibility index (Phi) is 5.33. The topological polar surface area (TPSA) is 41.1 Å². The third-order valence-corrected chi connectivity index (χ3v) is 3.74. The molecule has 0 saturated carbocycles. The van der Waals surface area contributed by atoms with Crippen LogP contribution in [0.5, 0.6) is 0 Å². The molecule has 14 heavy (non-hydrogen) atoms. The lowest BCUT2D eigenvalue weighted by atomic mass is 10.0. The Morgan fingerprint density at radius 1 is 1.50 bits per heavy atom. The van der Waals surface area contributed by atoms with E-state index in [1.54, 1.807) is 7.05 Å². The van der Waals surface area contributed by atoms with E-state index < -0.39 is 0 Å². The molecule has 1 aliphatic rings. The van der Waals surface area contributed by atoms with Gasteiger partial charge in [0.05, 0.1) is 6.04 Å². The average molecular weight is 216 g/mol. The van der Waals surface area contributed by atoms with Crippen LogP contribution in [0.2, 0.25) is 0 Å². The van der Waals surface area contributed by atoms with Gasteiger partial charge in [-0.2, -0.15) is 11.8 Å². The molecule has 0 radical (unpaired) electrons. The van der Waals surface area contributed by atoms with Crippen molar-refractivity contribution in [2.75, 3.05) is 25.1 Å². The summed E-state index contributed by atoms with van der Waals surface area (Å²) in [5.41, 5.74) is 0. The van der Waals surface area contributed by atoms with Crippen LogP contribution < -0.4 is 10.6 Å². The normalized spacial score (nSPS) is 20.4. The van der Waals surface area contributed by atoms with Crippen molar-refractivity contribution >= 4 is 17.7 Å². The summed E-state index contributed by atoms with van der Waals surface area (Å²) in [6.07, 6.45) is 2.58. The first-order valence-corrected chi connectivity index (χ1v) is 6.42. The zero-order valence-electron chi connectivity index (χ0n) is 9.01. The van der Waals surface area contributed by atoms with Crippen molar-refractivity contribution in [1.29, 1.82) is 0 Å². The highest BCUT2D eigenvalue weighted by molar-refractivity contribution is 7.99. The van der Waals surface area contributed by atoms with Crippen LogP contribution in [0, 0.1) is 5.92 Å². The summed E-state index contributed by atoms with van der Waals surface area (Å²) in [7, 11) is 1.68. The van der Waals surface area contributed by atoms with Crippen molar-refractivity contribution in [2.24, 2.45) is 5.92 Å². The minimum absolute atomic E-state index is 0.0606. The van der Waals surface area contributed by atoms with Gasteiger partial charge in [-0.3, -0.25) is 4.79 Å². The first-order valence-electron chi connectivity index (χ1n) is 5.26. The van der Waals surface area contributed by atoms with E-state index in [0.717, 1.165) is 12.5 Å². The van der Waals surface area contributed by atoms with E-state index >= 15 is 0 Å². The summed E-state index contributed by atoms with van der Waals surface area (Å²) < 4.78 is 0. The van der Waals surface area contributed by atoms with Crippen molar-refractivity contribution in [1.82, 2.24) is 10.6 Å². The lowest BCUT2D eigenvalue weighted by Gasteiger charge is -2.23. The van der Waals surface area contributed by atoms with E-state index in [9.17, 15) is 4.79 Å². The SMILES string of the molecule is CNC(=O)C(C)NCC1CCSCC1. The second kappa shape index (κ2) is 6.30. The molecule has 1 heterocycles. The van der Waals surface area contributed by atoms with Gasteiger partial charge in [0.15, 0.2) is 0 Å². The molecule has 0 bridgehead atoms. The van der Waals surface area contributed by atoms with E-state index in [0.29, 0.717) is 0 Å². The zero-order valence-corrected chi connectivity index (χ0v) is 9.82. The minimum atomic E-state index is -0.0606. The molecule has 0 aromatic carbocycles. The third kappa shape index (κ3) is 3.88. The molecule has 1 saturated heterocycles. The van der Waals surface area contributed by atoms with Crippen LogP contribution in [0.15, 0.2) is 0 Å². The highest BCUT2D eigenvalue weighted by atomic mass is 32.2. The van der Waals surface area contributed by atoms with Crippen LogP contribution in [0.4, 0.5) is 0 Å². The number of carbonyl (C=O) groups is 1. The van der Waals surface area contributed by atoms with Gasteiger partial charge in [0.25, 0.3) is 0 Å². The molecule has 0 aromatic rings. The predicted molar refractivity (Wildman–Crippen MR) is 61.6 cm³/mol. The Bertz CT molecular complexity index is 181. The molecule has 3 nitrogen and oxygen atoms in total. The summed E-state index contributed by atoms with van der Waals surface area (Å²) in [6.45, 7) is 2.89. The molecule has 0 aliphatic carbocycles. The molecule has 1 amide bonds. The van der Waals surface area contributed by atoms with Gasteiger partial charge in [0.2, 0.25) is 5.91 Å². The highest BCUT2D eigenvalue weighted by Gasteiger charge is 2.16. The fraction of sp³-hybridized carbons (Fsp3) is 0.900. The molecular weight excluding hydrogens is 196 g/mol. The number of hydrogen-bond acceptors (Lipinski definition) is 3. The van der Waals surface area contributed by atoms with E-state index in [1.807, 2.05) is 18.7 Å². The van der Waals surface area contributed by atoms with Crippen LogP contribution in [0.3, 0.4) is 0 Å². The summed E-state index contributed by atoms with van der Waals surface area (Å²) >= 11 is 2.04. The van der Waals surface area contributed by atoms with Gasteiger partial charge in [0, 0.05) is 7.05 Å². The molecule has 0 spiro atoms. The smallest absolute Gasteiger partial charge is 0.236 e. The van der Waals surface area contributed by atoms with Gasteiger partial charge in [-0.25, -0.2) is 0 Å². The summed E-state index contributed by atoms with van der Waals surface area (Å²) in [4.78, 5) is 11.2. The van der Waals surface area contributed by atoms with E-state index in [2.05, 4.69) is 10.6 Å².